The lowest BCUT2D eigenvalue weighted by molar-refractivity contribution is 0.144. The summed E-state index contributed by atoms with van der Waals surface area (Å²) in [6.07, 6.45) is 5.07. The van der Waals surface area contributed by atoms with Crippen LogP contribution >= 0.6 is 0 Å². The van der Waals surface area contributed by atoms with Crippen molar-refractivity contribution < 1.29 is 9.47 Å². The Kier molecular flexibility index (Phi) is 5.42. The molecule has 1 atom stereocenters. The Morgan fingerprint density at radius 2 is 2.32 bits per heavy atom. The second kappa shape index (κ2) is 7.31. The largest absolute Gasteiger partial charge is 0.383 e. The lowest BCUT2D eigenvalue weighted by Gasteiger charge is -2.18. The Labute approximate surface area is 113 Å². The molecular formula is C14H22N2O3. The molecule has 1 aliphatic heterocycles. The van der Waals surface area contributed by atoms with Crippen molar-refractivity contribution in [3.8, 4) is 0 Å². The molecule has 2 heterocycles. The summed E-state index contributed by atoms with van der Waals surface area (Å²) in [5.41, 5.74) is 0.995. The molecule has 1 fully saturated rings. The van der Waals surface area contributed by atoms with Crippen LogP contribution in [0.15, 0.2) is 23.1 Å². The van der Waals surface area contributed by atoms with Crippen LogP contribution in [-0.4, -0.2) is 37.5 Å². The summed E-state index contributed by atoms with van der Waals surface area (Å²) in [6, 6.07) is 3.87. The maximum absolute atomic E-state index is 11.7. The van der Waals surface area contributed by atoms with Gasteiger partial charge in [0.05, 0.1) is 12.3 Å². The van der Waals surface area contributed by atoms with E-state index < -0.39 is 0 Å². The molecule has 0 spiro atoms. The van der Waals surface area contributed by atoms with Crippen LogP contribution in [0.1, 0.15) is 19.3 Å². The molecule has 1 unspecified atom stereocenters. The van der Waals surface area contributed by atoms with Gasteiger partial charge in [-0.2, -0.15) is 0 Å². The Balaban J connectivity index is 2.01. The van der Waals surface area contributed by atoms with E-state index in [1.807, 2.05) is 12.3 Å². The van der Waals surface area contributed by atoms with E-state index in [2.05, 4.69) is 5.32 Å². The molecule has 1 aromatic rings. The van der Waals surface area contributed by atoms with Crippen LogP contribution in [-0.2, 0) is 16.0 Å². The Morgan fingerprint density at radius 3 is 3.16 bits per heavy atom. The van der Waals surface area contributed by atoms with Gasteiger partial charge in [-0.15, -0.1) is 0 Å². The van der Waals surface area contributed by atoms with Crippen LogP contribution in [0.3, 0.4) is 0 Å². The number of ether oxygens (including phenoxy) is 2. The highest BCUT2D eigenvalue weighted by atomic mass is 16.5. The van der Waals surface area contributed by atoms with Crippen LogP contribution in [0.5, 0.6) is 0 Å². The average Bonchev–Trinajstić information content (AvgIpc) is 2.68. The molecule has 0 radical (unpaired) electrons. The molecule has 0 amide bonds. The lowest BCUT2D eigenvalue weighted by atomic mass is 10.1. The Morgan fingerprint density at radius 1 is 1.42 bits per heavy atom. The summed E-state index contributed by atoms with van der Waals surface area (Å²) in [4.78, 5) is 11.7. The van der Waals surface area contributed by atoms with Crippen LogP contribution < -0.4 is 10.9 Å². The van der Waals surface area contributed by atoms with Gasteiger partial charge in [-0.05, 0) is 25.3 Å². The fourth-order valence-electron chi connectivity index (χ4n) is 2.26. The lowest BCUT2D eigenvalue weighted by Crippen LogP contribution is -2.24. The van der Waals surface area contributed by atoms with Crippen molar-refractivity contribution in [2.24, 2.45) is 0 Å². The van der Waals surface area contributed by atoms with Gasteiger partial charge in [0.1, 0.15) is 0 Å². The SMILES string of the molecule is COCCn1cc(NC2CCCOCC2)ccc1=O. The van der Waals surface area contributed by atoms with Crippen LogP contribution in [0.4, 0.5) is 5.69 Å². The molecule has 5 nitrogen and oxygen atoms in total. The van der Waals surface area contributed by atoms with Crippen molar-refractivity contribution in [2.75, 3.05) is 32.2 Å². The summed E-state index contributed by atoms with van der Waals surface area (Å²) < 4.78 is 12.1. The highest BCUT2D eigenvalue weighted by Crippen LogP contribution is 2.14. The quantitative estimate of drug-likeness (QED) is 0.877. The first-order chi connectivity index (χ1) is 9.29. The number of rotatable bonds is 5. The van der Waals surface area contributed by atoms with Crippen molar-refractivity contribution in [2.45, 2.75) is 31.8 Å². The van der Waals surface area contributed by atoms with Crippen LogP contribution in [0, 0.1) is 0 Å². The van der Waals surface area contributed by atoms with Gasteiger partial charge in [-0.25, -0.2) is 0 Å². The Bertz CT molecular complexity index is 437. The van der Waals surface area contributed by atoms with Gasteiger partial charge in [0.2, 0.25) is 0 Å². The van der Waals surface area contributed by atoms with Crippen LogP contribution in [0.25, 0.3) is 0 Å². The first-order valence-electron chi connectivity index (χ1n) is 6.83. The normalized spacial score (nSPS) is 19.9. The summed E-state index contributed by atoms with van der Waals surface area (Å²) in [5, 5.41) is 3.48. The van der Waals surface area contributed by atoms with Crippen molar-refractivity contribution in [1.82, 2.24) is 4.57 Å². The van der Waals surface area contributed by atoms with Gasteiger partial charge in [0, 0.05) is 45.2 Å². The minimum Gasteiger partial charge on any atom is -0.383 e. The van der Waals surface area contributed by atoms with Crippen molar-refractivity contribution in [3.63, 3.8) is 0 Å². The van der Waals surface area contributed by atoms with E-state index >= 15 is 0 Å². The summed E-state index contributed by atoms with van der Waals surface area (Å²) in [5.74, 6) is 0. The second-order valence-electron chi connectivity index (χ2n) is 4.83. The average molecular weight is 266 g/mol. The predicted molar refractivity (Wildman–Crippen MR) is 74.7 cm³/mol. The summed E-state index contributed by atoms with van der Waals surface area (Å²) in [6.45, 7) is 2.78. The zero-order chi connectivity index (χ0) is 13.5. The molecule has 1 aliphatic rings. The van der Waals surface area contributed by atoms with E-state index in [4.69, 9.17) is 9.47 Å². The van der Waals surface area contributed by atoms with Gasteiger partial charge in [0.15, 0.2) is 0 Å². The molecule has 106 valence electrons. The van der Waals surface area contributed by atoms with Crippen molar-refractivity contribution in [3.05, 3.63) is 28.7 Å². The molecule has 1 saturated heterocycles. The molecule has 0 aliphatic carbocycles. The first kappa shape index (κ1) is 14.1. The highest BCUT2D eigenvalue weighted by molar-refractivity contribution is 5.41. The number of hydrogen-bond donors (Lipinski definition) is 1. The zero-order valence-corrected chi connectivity index (χ0v) is 11.4. The van der Waals surface area contributed by atoms with E-state index in [9.17, 15) is 4.79 Å². The number of aromatic nitrogens is 1. The third-order valence-electron chi connectivity index (χ3n) is 3.34. The maximum Gasteiger partial charge on any atom is 0.250 e. The zero-order valence-electron chi connectivity index (χ0n) is 11.4. The molecule has 1 N–H and O–H groups in total. The van der Waals surface area contributed by atoms with Crippen LogP contribution in [0.2, 0.25) is 0 Å². The first-order valence-corrected chi connectivity index (χ1v) is 6.83. The van der Waals surface area contributed by atoms with Crippen molar-refractivity contribution in [1.29, 1.82) is 0 Å². The van der Waals surface area contributed by atoms with E-state index in [-0.39, 0.29) is 5.56 Å². The smallest absolute Gasteiger partial charge is 0.250 e. The summed E-state index contributed by atoms with van der Waals surface area (Å²) >= 11 is 0. The predicted octanol–water partition coefficient (Wildman–Crippen LogP) is 1.48. The molecule has 2 rings (SSSR count). The van der Waals surface area contributed by atoms with E-state index in [0.717, 1.165) is 38.2 Å². The van der Waals surface area contributed by atoms with Crippen molar-refractivity contribution >= 4 is 5.69 Å². The second-order valence-corrected chi connectivity index (χ2v) is 4.83. The molecule has 0 bridgehead atoms. The number of hydrogen-bond acceptors (Lipinski definition) is 4. The van der Waals surface area contributed by atoms with E-state index in [0.29, 0.717) is 19.2 Å². The number of nitrogens with one attached hydrogen (secondary N) is 1. The third kappa shape index (κ3) is 4.36. The Hall–Kier alpha value is -1.33. The number of anilines is 1. The van der Waals surface area contributed by atoms with Gasteiger partial charge in [-0.3, -0.25) is 4.79 Å². The summed E-state index contributed by atoms with van der Waals surface area (Å²) in [7, 11) is 1.64. The molecule has 1 aromatic heterocycles. The fourth-order valence-corrected chi connectivity index (χ4v) is 2.26. The minimum absolute atomic E-state index is 0.00630. The van der Waals surface area contributed by atoms with Gasteiger partial charge >= 0.3 is 0 Å². The molecule has 0 aromatic carbocycles. The topological polar surface area (TPSA) is 52.5 Å². The molecule has 5 heteroatoms. The van der Waals surface area contributed by atoms with Gasteiger partial charge in [-0.1, -0.05) is 0 Å². The third-order valence-corrected chi connectivity index (χ3v) is 3.34. The van der Waals surface area contributed by atoms with E-state index in [1.54, 1.807) is 17.7 Å². The molecule has 19 heavy (non-hydrogen) atoms. The molecule has 0 saturated carbocycles. The fraction of sp³-hybridized carbons (Fsp3) is 0.643. The highest BCUT2D eigenvalue weighted by Gasteiger charge is 2.12. The number of methoxy groups -OCH3 is 1. The van der Waals surface area contributed by atoms with Gasteiger partial charge < -0.3 is 19.4 Å². The van der Waals surface area contributed by atoms with E-state index in [1.165, 1.54) is 0 Å². The molecular weight excluding hydrogens is 244 g/mol. The number of pyridine rings is 1. The maximum atomic E-state index is 11.7. The monoisotopic (exact) mass is 266 g/mol. The van der Waals surface area contributed by atoms with Gasteiger partial charge in [0.25, 0.3) is 5.56 Å². The minimum atomic E-state index is 0.00630. The number of nitrogens with zero attached hydrogens (tertiary/aromatic N) is 1. The standard InChI is InChI=1S/C14H22N2O3/c1-18-10-7-16-11-13(4-5-14(16)17)15-12-3-2-8-19-9-6-12/h4-5,11-12,15H,2-3,6-10H2,1H3.